The lowest BCUT2D eigenvalue weighted by Crippen LogP contribution is -1.68. The first-order chi connectivity index (χ1) is 5.70. The second-order valence-electron chi connectivity index (χ2n) is 2.65. The summed E-state index contributed by atoms with van der Waals surface area (Å²) in [6, 6.07) is 6.06. The van der Waals surface area contributed by atoms with Gasteiger partial charge in [0.1, 0.15) is 0 Å². The highest BCUT2D eigenvalue weighted by atomic mass is 35.5. The van der Waals surface area contributed by atoms with Crippen LogP contribution in [0.2, 0.25) is 4.34 Å². The van der Waals surface area contributed by atoms with Crippen molar-refractivity contribution in [3.05, 3.63) is 28.1 Å². The van der Waals surface area contributed by atoms with E-state index in [9.17, 15) is 0 Å². The quantitative estimate of drug-likeness (QED) is 0.626. The van der Waals surface area contributed by atoms with Crippen molar-refractivity contribution in [2.45, 2.75) is 11.8 Å². The molecule has 2 rings (SSSR count). The van der Waals surface area contributed by atoms with E-state index in [1.165, 1.54) is 10.1 Å². The van der Waals surface area contributed by atoms with Crippen molar-refractivity contribution in [3.63, 3.8) is 0 Å². The minimum atomic E-state index is 0.867. The van der Waals surface area contributed by atoms with Crippen LogP contribution in [0.3, 0.4) is 0 Å². The third-order valence-corrected chi connectivity index (χ3v) is 4.05. The predicted molar refractivity (Wildman–Crippen MR) is 58.8 cm³/mol. The molecule has 1 aromatic carbocycles. The van der Waals surface area contributed by atoms with Gasteiger partial charge >= 0.3 is 0 Å². The van der Waals surface area contributed by atoms with Crippen LogP contribution in [0.5, 0.6) is 0 Å². The van der Waals surface area contributed by atoms with E-state index < -0.39 is 0 Å². The van der Waals surface area contributed by atoms with Crippen LogP contribution in [-0.2, 0) is 0 Å². The average molecular weight is 215 g/mol. The molecule has 0 radical (unpaired) electrons. The highest BCUT2D eigenvalue weighted by Gasteiger charge is 2.07. The number of halogens is 1. The van der Waals surface area contributed by atoms with Crippen molar-refractivity contribution in [1.29, 1.82) is 0 Å². The Hall–Kier alpha value is -0.180. The van der Waals surface area contributed by atoms with E-state index >= 15 is 0 Å². The van der Waals surface area contributed by atoms with Gasteiger partial charge in [0.15, 0.2) is 0 Å². The van der Waals surface area contributed by atoms with Crippen molar-refractivity contribution in [3.8, 4) is 0 Å². The molecule has 1 aromatic heterocycles. The maximum Gasteiger partial charge on any atom is 0.0970 e. The number of thiol groups is 1. The van der Waals surface area contributed by atoms with Crippen LogP contribution in [0.1, 0.15) is 5.56 Å². The van der Waals surface area contributed by atoms with E-state index in [-0.39, 0.29) is 0 Å². The first kappa shape index (κ1) is 8.42. The highest BCUT2D eigenvalue weighted by molar-refractivity contribution is 7.80. The lowest BCUT2D eigenvalue weighted by atomic mass is 10.2. The number of rotatable bonds is 0. The molecule has 0 aliphatic carbocycles. The molecule has 12 heavy (non-hydrogen) atoms. The Morgan fingerprint density at radius 1 is 1.42 bits per heavy atom. The average Bonchev–Trinajstić information content (AvgIpc) is 2.32. The van der Waals surface area contributed by atoms with E-state index in [1.54, 1.807) is 11.3 Å². The molecular formula is C9H7ClS2. The predicted octanol–water partition coefficient (Wildman–Crippen LogP) is 4.15. The van der Waals surface area contributed by atoms with Gasteiger partial charge in [0.25, 0.3) is 0 Å². The highest BCUT2D eigenvalue weighted by Crippen LogP contribution is 2.37. The summed E-state index contributed by atoms with van der Waals surface area (Å²) < 4.78 is 2.05. The van der Waals surface area contributed by atoms with Gasteiger partial charge in [-0.15, -0.1) is 24.0 Å². The fraction of sp³-hybridized carbons (Fsp3) is 0.111. The van der Waals surface area contributed by atoms with Gasteiger partial charge in [-0.05, 0) is 23.9 Å². The van der Waals surface area contributed by atoms with E-state index in [4.69, 9.17) is 11.6 Å². The van der Waals surface area contributed by atoms with E-state index in [0.29, 0.717) is 0 Å². The minimum absolute atomic E-state index is 0.867. The number of fused-ring (bicyclic) bond motifs is 1. The Balaban J connectivity index is 2.95. The molecule has 0 nitrogen and oxygen atoms in total. The van der Waals surface area contributed by atoms with Crippen molar-refractivity contribution in [2.24, 2.45) is 0 Å². The molecule has 0 N–H and O–H groups in total. The number of hydrogen-bond acceptors (Lipinski definition) is 2. The first-order valence-corrected chi connectivity index (χ1v) is 5.21. The monoisotopic (exact) mass is 214 g/mol. The molecule has 0 amide bonds. The van der Waals surface area contributed by atoms with Crippen LogP contribution in [0, 0.1) is 6.92 Å². The lowest BCUT2D eigenvalue weighted by Gasteiger charge is -1.92. The van der Waals surface area contributed by atoms with Crippen molar-refractivity contribution in [1.82, 2.24) is 0 Å². The van der Waals surface area contributed by atoms with Crippen LogP contribution >= 0.6 is 35.6 Å². The molecule has 0 aliphatic heterocycles. The Morgan fingerprint density at radius 3 is 2.83 bits per heavy atom. The number of aryl methyl sites for hydroxylation is 1. The fourth-order valence-corrected chi connectivity index (χ4v) is 2.82. The van der Waals surface area contributed by atoms with Gasteiger partial charge in [-0.3, -0.25) is 0 Å². The molecule has 0 saturated carbocycles. The van der Waals surface area contributed by atoms with Gasteiger partial charge < -0.3 is 0 Å². The van der Waals surface area contributed by atoms with Crippen molar-refractivity contribution in [2.75, 3.05) is 0 Å². The summed E-state index contributed by atoms with van der Waals surface area (Å²) in [5.74, 6) is 0. The summed E-state index contributed by atoms with van der Waals surface area (Å²) in [4.78, 5) is 1.01. The molecule has 0 unspecified atom stereocenters. The second kappa shape index (κ2) is 2.95. The molecule has 0 atom stereocenters. The number of hydrogen-bond donors (Lipinski definition) is 1. The largest absolute Gasteiger partial charge is 0.142 e. The SMILES string of the molecule is Cc1c(Cl)sc2c(S)cccc12. The van der Waals surface area contributed by atoms with Crippen LogP contribution < -0.4 is 0 Å². The van der Waals surface area contributed by atoms with Crippen LogP contribution in [0.25, 0.3) is 10.1 Å². The second-order valence-corrected chi connectivity index (χ2v) is 4.76. The number of benzene rings is 1. The molecule has 1 heterocycles. The first-order valence-electron chi connectivity index (χ1n) is 3.56. The molecule has 62 valence electrons. The van der Waals surface area contributed by atoms with Gasteiger partial charge in [0.05, 0.1) is 4.34 Å². The van der Waals surface area contributed by atoms with E-state index in [1.807, 2.05) is 19.1 Å². The van der Waals surface area contributed by atoms with Gasteiger partial charge in [-0.2, -0.15) is 0 Å². The van der Waals surface area contributed by atoms with Gasteiger partial charge in [0.2, 0.25) is 0 Å². The molecule has 0 aliphatic rings. The van der Waals surface area contributed by atoms with Crippen LogP contribution in [-0.4, -0.2) is 0 Å². The van der Waals surface area contributed by atoms with Crippen LogP contribution in [0.4, 0.5) is 0 Å². The molecule has 3 heteroatoms. The fourth-order valence-electron chi connectivity index (χ4n) is 1.20. The Bertz CT molecular complexity index is 431. The Labute approximate surface area is 85.6 Å². The Kier molecular flexibility index (Phi) is 2.07. The lowest BCUT2D eigenvalue weighted by molar-refractivity contribution is 1.56. The van der Waals surface area contributed by atoms with Gasteiger partial charge in [-0.25, -0.2) is 0 Å². The maximum atomic E-state index is 6.01. The summed E-state index contributed by atoms with van der Waals surface area (Å²) in [5.41, 5.74) is 1.16. The zero-order chi connectivity index (χ0) is 8.72. The van der Waals surface area contributed by atoms with E-state index in [2.05, 4.69) is 18.7 Å². The zero-order valence-corrected chi connectivity index (χ0v) is 8.93. The smallest absolute Gasteiger partial charge is 0.0970 e. The number of thiophene rings is 1. The molecular weight excluding hydrogens is 208 g/mol. The summed E-state index contributed by atoms with van der Waals surface area (Å²) in [7, 11) is 0. The van der Waals surface area contributed by atoms with Crippen molar-refractivity contribution >= 4 is 45.7 Å². The van der Waals surface area contributed by atoms with E-state index in [0.717, 1.165) is 14.8 Å². The summed E-state index contributed by atoms with van der Waals surface area (Å²) >= 11 is 12.0. The van der Waals surface area contributed by atoms with Crippen molar-refractivity contribution < 1.29 is 0 Å². The third kappa shape index (κ3) is 1.15. The Morgan fingerprint density at radius 2 is 2.17 bits per heavy atom. The molecule has 2 aromatic rings. The molecule has 0 saturated heterocycles. The standard InChI is InChI=1S/C9H7ClS2/c1-5-6-3-2-4-7(11)8(6)12-9(5)10/h2-4,11H,1H3. The molecule has 0 spiro atoms. The topological polar surface area (TPSA) is 0 Å². The molecule has 0 bridgehead atoms. The summed E-state index contributed by atoms with van der Waals surface area (Å²) in [5, 5.41) is 1.22. The van der Waals surface area contributed by atoms with Gasteiger partial charge in [0, 0.05) is 9.60 Å². The molecule has 0 fully saturated rings. The maximum absolute atomic E-state index is 6.01. The summed E-state index contributed by atoms with van der Waals surface area (Å²) in [6.45, 7) is 2.04. The zero-order valence-electron chi connectivity index (χ0n) is 6.47. The van der Waals surface area contributed by atoms with Gasteiger partial charge in [-0.1, -0.05) is 23.7 Å². The van der Waals surface area contributed by atoms with Crippen LogP contribution in [0.15, 0.2) is 23.1 Å². The third-order valence-electron chi connectivity index (χ3n) is 1.88. The summed E-state index contributed by atoms with van der Waals surface area (Å²) in [6.07, 6.45) is 0. The normalized spacial score (nSPS) is 10.9. The minimum Gasteiger partial charge on any atom is -0.142 e.